The van der Waals surface area contributed by atoms with Crippen molar-refractivity contribution >= 4 is 40.3 Å². The lowest BCUT2D eigenvalue weighted by Crippen LogP contribution is -2.31. The van der Waals surface area contributed by atoms with Crippen molar-refractivity contribution in [2.75, 3.05) is 4.43 Å². The molecule has 3 rings (SSSR count). The molecule has 0 radical (unpaired) electrons. The molecule has 2 heterocycles. The summed E-state index contributed by atoms with van der Waals surface area (Å²) in [4.78, 5) is 11.0. The lowest BCUT2D eigenvalue weighted by Gasteiger charge is -2.33. The third-order valence-corrected chi connectivity index (χ3v) is 4.86. The van der Waals surface area contributed by atoms with Crippen LogP contribution in [-0.4, -0.2) is 15.7 Å². The number of rotatable bonds is 4. The first-order valence-corrected chi connectivity index (χ1v) is 9.18. The van der Waals surface area contributed by atoms with E-state index in [2.05, 4.69) is 27.9 Å². The highest BCUT2D eigenvalue weighted by Gasteiger charge is 2.46. The van der Waals surface area contributed by atoms with Gasteiger partial charge in [-0.3, -0.25) is 0 Å². The van der Waals surface area contributed by atoms with Crippen LogP contribution >= 0.6 is 34.2 Å². The summed E-state index contributed by atoms with van der Waals surface area (Å²) in [5.41, 5.74) is 2.38. The summed E-state index contributed by atoms with van der Waals surface area (Å²) in [6.45, 7) is 1.76. The largest absolute Gasteiger partial charge is 0.511 e. The highest BCUT2D eigenvalue weighted by molar-refractivity contribution is 14.1. The fourth-order valence-electron chi connectivity index (χ4n) is 2.95. The van der Waals surface area contributed by atoms with Gasteiger partial charge in [0.15, 0.2) is 11.4 Å². The molecule has 126 valence electrons. The average molecular weight is 460 g/mol. The van der Waals surface area contributed by atoms with E-state index in [-0.39, 0.29) is 5.76 Å². The Morgan fingerprint density at radius 2 is 2.12 bits per heavy atom. The van der Waals surface area contributed by atoms with E-state index in [0.29, 0.717) is 16.3 Å². The second kappa shape index (κ2) is 6.68. The smallest absolute Gasteiger partial charge is 0.485 e. The Kier molecular flexibility index (Phi) is 4.78. The van der Waals surface area contributed by atoms with Crippen molar-refractivity contribution in [3.63, 3.8) is 0 Å². The Labute approximate surface area is 158 Å². The summed E-state index contributed by atoms with van der Waals surface area (Å²) in [6.07, 6.45) is 2.80. The molecule has 24 heavy (non-hydrogen) atoms. The number of fused-ring (bicyclic) bond motifs is 1. The quantitative estimate of drug-likeness (QED) is 0.388. The third kappa shape index (κ3) is 2.88. The summed E-state index contributed by atoms with van der Waals surface area (Å²) in [7, 11) is 0. The van der Waals surface area contributed by atoms with E-state index in [1.165, 1.54) is 0 Å². The van der Waals surface area contributed by atoms with Gasteiger partial charge in [0.25, 0.3) is 0 Å². The van der Waals surface area contributed by atoms with Crippen molar-refractivity contribution in [2.24, 2.45) is 0 Å². The number of halogens is 2. The maximum Gasteiger partial charge on any atom is 0.511 e. The molecule has 0 bridgehead atoms. The minimum atomic E-state index is -1.36. The number of benzene rings is 1. The van der Waals surface area contributed by atoms with Crippen molar-refractivity contribution in [1.29, 1.82) is 0 Å². The summed E-state index contributed by atoms with van der Waals surface area (Å²) in [6, 6.07) is 7.49. The lowest BCUT2D eigenvalue weighted by molar-refractivity contribution is 0.0705. The van der Waals surface area contributed by atoms with Crippen LogP contribution in [0.1, 0.15) is 18.9 Å². The second-order valence-corrected chi connectivity index (χ2v) is 6.96. The zero-order valence-corrected chi connectivity index (χ0v) is 15.7. The highest BCUT2D eigenvalue weighted by atomic mass is 127. The topological polar surface area (TPSA) is 67.8 Å². The first kappa shape index (κ1) is 17.2. The number of hydrogen-bond acceptors (Lipinski definition) is 4. The number of ether oxygens (including phenoxy) is 2. The van der Waals surface area contributed by atoms with Crippen molar-refractivity contribution in [2.45, 2.75) is 18.9 Å². The number of alkyl halides is 1. The maximum absolute atomic E-state index is 11.0. The van der Waals surface area contributed by atoms with E-state index in [1.54, 1.807) is 13.2 Å². The second-order valence-electron chi connectivity index (χ2n) is 5.45. The summed E-state index contributed by atoms with van der Waals surface area (Å²) >= 11 is 8.30. The summed E-state index contributed by atoms with van der Waals surface area (Å²) in [5.74, 6) is 0.268. The fourth-order valence-corrected chi connectivity index (χ4v) is 3.84. The van der Waals surface area contributed by atoms with Crippen LogP contribution in [-0.2, 0) is 15.1 Å². The SMILES string of the molecule is CC1=C(OC(=O)O)C2=COC(CCI)(c3ccc(Cl)cc3)C2=CN1. The minimum absolute atomic E-state index is 0.268. The molecule has 0 amide bonds. The minimum Gasteiger partial charge on any atom is -0.485 e. The maximum atomic E-state index is 11.0. The van der Waals surface area contributed by atoms with Crippen LogP contribution in [0, 0.1) is 0 Å². The monoisotopic (exact) mass is 459 g/mol. The predicted molar refractivity (Wildman–Crippen MR) is 98.8 cm³/mol. The Hall–Kier alpha value is -1.67. The number of allylic oxidation sites excluding steroid dienone is 2. The van der Waals surface area contributed by atoms with Gasteiger partial charge in [-0.1, -0.05) is 46.3 Å². The molecule has 0 saturated heterocycles. The van der Waals surface area contributed by atoms with E-state index in [0.717, 1.165) is 22.0 Å². The van der Waals surface area contributed by atoms with E-state index < -0.39 is 11.8 Å². The lowest BCUT2D eigenvalue weighted by atomic mass is 9.81. The number of dihydropyridines is 1. The van der Waals surface area contributed by atoms with Crippen molar-refractivity contribution < 1.29 is 19.4 Å². The van der Waals surface area contributed by atoms with E-state index in [9.17, 15) is 4.79 Å². The Morgan fingerprint density at radius 3 is 2.75 bits per heavy atom. The number of hydrogen-bond donors (Lipinski definition) is 2. The molecular formula is C17H15ClINO4. The zero-order valence-electron chi connectivity index (χ0n) is 12.8. The van der Waals surface area contributed by atoms with Crippen LogP contribution in [0.25, 0.3) is 0 Å². The first-order valence-electron chi connectivity index (χ1n) is 7.27. The highest BCUT2D eigenvalue weighted by Crippen LogP contribution is 2.49. The van der Waals surface area contributed by atoms with Crippen LogP contribution in [0.3, 0.4) is 0 Å². The van der Waals surface area contributed by atoms with Crippen LogP contribution in [0.2, 0.25) is 5.02 Å². The van der Waals surface area contributed by atoms with E-state index in [1.807, 2.05) is 30.5 Å². The van der Waals surface area contributed by atoms with Gasteiger partial charge in [0.1, 0.15) is 0 Å². The molecule has 2 aliphatic rings. The van der Waals surface area contributed by atoms with Crippen molar-refractivity contribution in [3.8, 4) is 0 Å². The summed E-state index contributed by atoms with van der Waals surface area (Å²) < 4.78 is 11.9. The number of carboxylic acid groups (broad SMARTS) is 1. The first-order chi connectivity index (χ1) is 11.5. The summed E-state index contributed by atoms with van der Waals surface area (Å²) in [5, 5.41) is 12.7. The Balaban J connectivity index is 2.04. The van der Waals surface area contributed by atoms with E-state index in [4.69, 9.17) is 26.2 Å². The molecule has 0 fully saturated rings. The Bertz CT molecular complexity index is 769. The van der Waals surface area contributed by atoms with Crippen molar-refractivity contribution in [3.05, 3.63) is 69.9 Å². The molecule has 1 unspecified atom stereocenters. The Morgan fingerprint density at radius 1 is 1.42 bits per heavy atom. The predicted octanol–water partition coefficient (Wildman–Crippen LogP) is 4.69. The molecule has 0 spiro atoms. The van der Waals surface area contributed by atoms with Gasteiger partial charge < -0.3 is 19.9 Å². The average Bonchev–Trinajstić information content (AvgIpc) is 2.91. The normalized spacial score (nSPS) is 22.1. The molecule has 0 aromatic heterocycles. The van der Waals surface area contributed by atoms with Gasteiger partial charge in [-0.15, -0.1) is 0 Å². The molecule has 2 N–H and O–H groups in total. The van der Waals surface area contributed by atoms with Gasteiger partial charge in [0.2, 0.25) is 0 Å². The van der Waals surface area contributed by atoms with Gasteiger partial charge in [-0.05, 0) is 19.1 Å². The number of nitrogens with one attached hydrogen (secondary N) is 1. The molecule has 1 aromatic carbocycles. The third-order valence-electron chi connectivity index (χ3n) is 4.07. The van der Waals surface area contributed by atoms with Gasteiger partial charge in [0.05, 0.1) is 17.5 Å². The fraction of sp³-hybridized carbons (Fsp3) is 0.235. The standard InChI is InChI=1S/C17H15ClINO4/c1-10-15(24-16(21)22)13-9-23-17(6-7-19,14(13)8-20-10)11-2-4-12(18)5-3-11/h2-5,8-9,20H,6-7H2,1H3,(H,21,22). The van der Waals surface area contributed by atoms with Crippen LogP contribution in [0.5, 0.6) is 0 Å². The van der Waals surface area contributed by atoms with Gasteiger partial charge >= 0.3 is 6.16 Å². The molecule has 5 nitrogen and oxygen atoms in total. The van der Waals surface area contributed by atoms with Crippen LogP contribution in [0.4, 0.5) is 4.79 Å². The van der Waals surface area contributed by atoms with Crippen LogP contribution in [0.15, 0.2) is 59.3 Å². The molecule has 0 saturated carbocycles. The molecule has 7 heteroatoms. The zero-order chi connectivity index (χ0) is 17.3. The molecule has 1 aromatic rings. The van der Waals surface area contributed by atoms with Gasteiger partial charge in [0, 0.05) is 33.2 Å². The van der Waals surface area contributed by atoms with E-state index >= 15 is 0 Å². The number of carbonyl (C=O) groups is 1. The van der Waals surface area contributed by atoms with Crippen LogP contribution < -0.4 is 5.32 Å². The van der Waals surface area contributed by atoms with Gasteiger partial charge in [-0.25, -0.2) is 4.79 Å². The van der Waals surface area contributed by atoms with Crippen molar-refractivity contribution in [1.82, 2.24) is 5.32 Å². The molecule has 1 atom stereocenters. The molecule has 2 aliphatic heterocycles. The molecule has 0 aliphatic carbocycles. The van der Waals surface area contributed by atoms with Gasteiger partial charge in [-0.2, -0.15) is 0 Å². The molecular weight excluding hydrogens is 445 g/mol.